The summed E-state index contributed by atoms with van der Waals surface area (Å²) in [7, 11) is -0.413. The van der Waals surface area contributed by atoms with Gasteiger partial charge in [0, 0.05) is 0 Å². The quantitative estimate of drug-likeness (QED) is 0.486. The fraction of sp³-hybridized carbons (Fsp3) is 0.480. The van der Waals surface area contributed by atoms with E-state index in [1.54, 1.807) is 0 Å². The minimum Gasteiger partial charge on any atom is -0.492 e. The normalized spacial score (nSPS) is 17.5. The van der Waals surface area contributed by atoms with Crippen molar-refractivity contribution in [1.29, 1.82) is 0 Å². The van der Waals surface area contributed by atoms with E-state index in [0.717, 1.165) is 16.6 Å². The van der Waals surface area contributed by atoms with Gasteiger partial charge in [-0.3, -0.25) is 4.79 Å². The van der Waals surface area contributed by atoms with Gasteiger partial charge in [-0.2, -0.15) is 0 Å². The zero-order valence-corrected chi connectivity index (χ0v) is 19.7. The van der Waals surface area contributed by atoms with Gasteiger partial charge in [-0.25, -0.2) is 0 Å². The first-order chi connectivity index (χ1) is 14.4. The Hall–Kier alpha value is -2.31. The molecule has 0 aromatic heterocycles. The van der Waals surface area contributed by atoms with Crippen molar-refractivity contribution in [1.82, 2.24) is 0 Å². The van der Waals surface area contributed by atoms with Gasteiger partial charge in [0.2, 0.25) is 0 Å². The highest BCUT2D eigenvalue weighted by molar-refractivity contribution is 6.62. The molecule has 31 heavy (non-hydrogen) atoms. The van der Waals surface area contributed by atoms with E-state index in [-0.39, 0.29) is 30.4 Å². The van der Waals surface area contributed by atoms with Crippen LogP contribution < -0.4 is 10.2 Å². The van der Waals surface area contributed by atoms with Crippen LogP contribution in [0.3, 0.4) is 0 Å². The maximum atomic E-state index is 12.5. The maximum absolute atomic E-state index is 12.5. The van der Waals surface area contributed by atoms with Gasteiger partial charge in [0.05, 0.1) is 16.6 Å². The van der Waals surface area contributed by atoms with Gasteiger partial charge in [0.1, 0.15) is 19.0 Å². The number of ether oxygens (including phenoxy) is 2. The molecule has 0 bridgehead atoms. The monoisotopic (exact) mass is 424 g/mol. The van der Waals surface area contributed by atoms with E-state index >= 15 is 0 Å². The van der Waals surface area contributed by atoms with Gasteiger partial charge in [-0.1, -0.05) is 36.4 Å². The fourth-order valence-corrected chi connectivity index (χ4v) is 3.21. The van der Waals surface area contributed by atoms with Crippen LogP contribution in [0.1, 0.15) is 52.7 Å². The van der Waals surface area contributed by atoms with Crippen LogP contribution in [-0.4, -0.2) is 30.9 Å². The van der Waals surface area contributed by atoms with Crippen LogP contribution >= 0.6 is 0 Å². The van der Waals surface area contributed by atoms with Gasteiger partial charge < -0.3 is 18.8 Å². The van der Waals surface area contributed by atoms with Gasteiger partial charge in [0.15, 0.2) is 0 Å². The lowest BCUT2D eigenvalue weighted by Gasteiger charge is -2.32. The van der Waals surface area contributed by atoms with Crippen molar-refractivity contribution in [3.63, 3.8) is 0 Å². The van der Waals surface area contributed by atoms with E-state index in [1.807, 2.05) is 97.0 Å². The molecular formula is C25H33BO5. The average Bonchev–Trinajstić information content (AvgIpc) is 2.92. The number of esters is 1. The zero-order valence-electron chi connectivity index (χ0n) is 19.7. The van der Waals surface area contributed by atoms with Crippen LogP contribution in [0, 0.1) is 12.3 Å². The highest BCUT2D eigenvalue weighted by Gasteiger charge is 2.52. The van der Waals surface area contributed by atoms with Crippen LogP contribution in [-0.2, 0) is 25.4 Å². The van der Waals surface area contributed by atoms with Crippen molar-refractivity contribution >= 4 is 18.6 Å². The summed E-state index contributed by atoms with van der Waals surface area (Å²) in [4.78, 5) is 12.5. The summed E-state index contributed by atoms with van der Waals surface area (Å²) < 4.78 is 23.7. The molecule has 0 unspecified atom stereocenters. The average molecular weight is 424 g/mol. The Morgan fingerprint density at radius 3 is 2.19 bits per heavy atom. The maximum Gasteiger partial charge on any atom is 0.495 e. The van der Waals surface area contributed by atoms with Crippen LogP contribution in [0.5, 0.6) is 5.75 Å². The molecule has 1 fully saturated rings. The zero-order chi connectivity index (χ0) is 22.9. The van der Waals surface area contributed by atoms with Gasteiger partial charge in [-0.05, 0) is 77.2 Å². The number of carbonyl (C=O) groups excluding carboxylic acids is 1. The SMILES string of the molecule is Cc1cc(OCC(C)(C)C(=O)OCc2ccccc2)ccc1B1OC(C)(C)C(C)(C)O1. The molecule has 1 saturated heterocycles. The van der Waals surface area contributed by atoms with Crippen molar-refractivity contribution in [2.45, 2.75) is 66.3 Å². The Balaban J connectivity index is 1.59. The molecule has 2 aromatic carbocycles. The number of rotatable bonds is 7. The van der Waals surface area contributed by atoms with Crippen LogP contribution in [0.15, 0.2) is 48.5 Å². The predicted octanol–water partition coefficient (Wildman–Crippen LogP) is 4.44. The molecule has 0 aliphatic carbocycles. The largest absolute Gasteiger partial charge is 0.495 e. The molecule has 1 heterocycles. The number of hydrogen-bond acceptors (Lipinski definition) is 5. The minimum absolute atomic E-state index is 0.218. The number of carbonyl (C=O) groups is 1. The Morgan fingerprint density at radius 1 is 1.00 bits per heavy atom. The highest BCUT2D eigenvalue weighted by atomic mass is 16.7. The summed E-state index contributed by atoms with van der Waals surface area (Å²) in [6, 6.07) is 15.4. The summed E-state index contributed by atoms with van der Waals surface area (Å²) in [5.41, 5.74) is 1.41. The lowest BCUT2D eigenvalue weighted by molar-refractivity contribution is -0.157. The molecule has 0 spiro atoms. The van der Waals surface area contributed by atoms with Gasteiger partial charge in [-0.15, -0.1) is 0 Å². The molecule has 1 aliphatic rings. The van der Waals surface area contributed by atoms with Crippen LogP contribution in [0.25, 0.3) is 0 Å². The summed E-state index contributed by atoms with van der Waals surface area (Å²) in [6.07, 6.45) is 0. The first-order valence-corrected chi connectivity index (χ1v) is 10.7. The van der Waals surface area contributed by atoms with E-state index in [4.69, 9.17) is 18.8 Å². The van der Waals surface area contributed by atoms with E-state index in [2.05, 4.69) is 0 Å². The summed E-state index contributed by atoms with van der Waals surface area (Å²) in [6.45, 7) is 14.3. The molecule has 0 saturated carbocycles. The summed E-state index contributed by atoms with van der Waals surface area (Å²) in [5, 5.41) is 0. The summed E-state index contributed by atoms with van der Waals surface area (Å²) in [5.74, 6) is 0.406. The van der Waals surface area contributed by atoms with Crippen molar-refractivity contribution in [2.75, 3.05) is 6.61 Å². The summed E-state index contributed by atoms with van der Waals surface area (Å²) >= 11 is 0. The van der Waals surface area contributed by atoms with Crippen molar-refractivity contribution in [2.24, 2.45) is 5.41 Å². The highest BCUT2D eigenvalue weighted by Crippen LogP contribution is 2.36. The van der Waals surface area contributed by atoms with Gasteiger partial charge >= 0.3 is 13.1 Å². The number of hydrogen-bond donors (Lipinski definition) is 0. The second kappa shape index (κ2) is 8.68. The van der Waals surface area contributed by atoms with Gasteiger partial charge in [0.25, 0.3) is 0 Å². The van der Waals surface area contributed by atoms with E-state index in [0.29, 0.717) is 5.75 Å². The fourth-order valence-electron chi connectivity index (χ4n) is 3.21. The van der Waals surface area contributed by atoms with Crippen molar-refractivity contribution in [3.05, 3.63) is 59.7 Å². The molecule has 0 radical (unpaired) electrons. The molecule has 0 N–H and O–H groups in total. The molecule has 0 atom stereocenters. The third-order valence-electron chi connectivity index (χ3n) is 6.11. The molecule has 5 nitrogen and oxygen atoms in total. The van der Waals surface area contributed by atoms with Crippen LogP contribution in [0.4, 0.5) is 0 Å². The molecule has 0 amide bonds. The lowest BCUT2D eigenvalue weighted by atomic mass is 9.76. The molecule has 6 heteroatoms. The van der Waals surface area contributed by atoms with Crippen LogP contribution in [0.2, 0.25) is 0 Å². The van der Waals surface area contributed by atoms with E-state index < -0.39 is 12.5 Å². The first kappa shape index (κ1) is 23.4. The molecule has 3 rings (SSSR count). The van der Waals surface area contributed by atoms with Crippen molar-refractivity contribution in [3.8, 4) is 5.75 Å². The molecular weight excluding hydrogens is 391 g/mol. The second-order valence-electron chi connectivity index (χ2n) is 9.84. The third-order valence-corrected chi connectivity index (χ3v) is 6.11. The Bertz CT molecular complexity index is 905. The Morgan fingerprint density at radius 2 is 1.61 bits per heavy atom. The molecule has 1 aliphatic heterocycles. The molecule has 166 valence electrons. The number of benzene rings is 2. The Labute approximate surface area is 186 Å². The lowest BCUT2D eigenvalue weighted by Crippen LogP contribution is -2.41. The standard InChI is InChI=1S/C25H33BO5/c1-18-15-20(13-14-21(18)26-30-24(4,5)25(6,7)31-26)29-17-23(2,3)22(27)28-16-19-11-9-8-10-12-19/h8-15H,16-17H2,1-7H3. The topological polar surface area (TPSA) is 54.0 Å². The first-order valence-electron chi connectivity index (χ1n) is 10.7. The smallest absolute Gasteiger partial charge is 0.492 e. The van der Waals surface area contributed by atoms with Crippen molar-refractivity contribution < 1.29 is 23.6 Å². The number of aryl methyl sites for hydroxylation is 1. The predicted molar refractivity (Wildman–Crippen MR) is 122 cm³/mol. The minimum atomic E-state index is -0.771. The molecule has 2 aromatic rings. The van der Waals surface area contributed by atoms with E-state index in [9.17, 15) is 4.79 Å². The second-order valence-corrected chi connectivity index (χ2v) is 9.84. The van der Waals surface area contributed by atoms with E-state index in [1.165, 1.54) is 0 Å². The third kappa shape index (κ3) is 5.31. The Kier molecular flexibility index (Phi) is 6.54.